The first-order chi connectivity index (χ1) is 19.7. The number of halogens is 3. The van der Waals surface area contributed by atoms with E-state index in [4.69, 9.17) is 0 Å². The van der Waals surface area contributed by atoms with E-state index in [-0.39, 0.29) is 27.9 Å². The summed E-state index contributed by atoms with van der Waals surface area (Å²) in [6.07, 6.45) is -4.68. The van der Waals surface area contributed by atoms with Crippen LogP contribution >= 0.6 is 0 Å². The number of hydrogen-bond acceptors (Lipinski definition) is 6. The smallest absolute Gasteiger partial charge is 0.416 e. The molecule has 0 atom stereocenters. The first-order valence-electron chi connectivity index (χ1n) is 12.4. The van der Waals surface area contributed by atoms with E-state index in [1.807, 2.05) is 36.4 Å². The summed E-state index contributed by atoms with van der Waals surface area (Å²) in [6, 6.07) is 24.1. The summed E-state index contributed by atoms with van der Waals surface area (Å²) in [5.41, 5.74) is -0.681. The largest absolute Gasteiger partial charge is 0.505 e. The quantitative estimate of drug-likeness (QED) is 0.207. The van der Waals surface area contributed by atoms with E-state index in [1.165, 1.54) is 18.2 Å². The molecule has 1 N–H and O–H groups in total. The van der Waals surface area contributed by atoms with Crippen molar-refractivity contribution in [2.24, 2.45) is 10.2 Å². The number of azo groups is 1. The molecule has 2 aliphatic rings. The molecule has 0 bridgehead atoms. The van der Waals surface area contributed by atoms with Crippen LogP contribution in [0.25, 0.3) is 5.76 Å². The Hall–Kier alpha value is -5.38. The molecule has 2 amide bonds. The van der Waals surface area contributed by atoms with Gasteiger partial charge in [-0.25, -0.2) is 0 Å². The van der Waals surface area contributed by atoms with E-state index in [0.717, 1.165) is 17.0 Å². The topological polar surface area (TPSA) is 99.4 Å². The van der Waals surface area contributed by atoms with Gasteiger partial charge in [-0.15, -0.1) is 10.2 Å². The van der Waals surface area contributed by atoms with Gasteiger partial charge in [0.2, 0.25) is 5.78 Å². The Morgan fingerprint density at radius 2 is 1.32 bits per heavy atom. The Balaban J connectivity index is 1.37. The Labute approximate surface area is 230 Å². The van der Waals surface area contributed by atoms with Crippen molar-refractivity contribution in [3.63, 3.8) is 0 Å². The number of Topliss-reactive ketones (excluding diaryl/α,β-unsaturated/α-hetero) is 1. The number of benzene rings is 4. The molecule has 0 aromatic heterocycles. The Morgan fingerprint density at radius 3 is 1.93 bits per heavy atom. The summed E-state index contributed by atoms with van der Waals surface area (Å²) in [4.78, 5) is 41.4. The second-order valence-electron chi connectivity index (χ2n) is 9.39. The first kappa shape index (κ1) is 25.9. The molecule has 41 heavy (non-hydrogen) atoms. The molecule has 0 saturated heterocycles. The van der Waals surface area contributed by atoms with Crippen molar-refractivity contribution in [3.8, 4) is 0 Å². The number of rotatable bonds is 5. The van der Waals surface area contributed by atoms with Crippen molar-refractivity contribution in [1.29, 1.82) is 0 Å². The van der Waals surface area contributed by atoms with Crippen molar-refractivity contribution < 1.29 is 32.7 Å². The molecule has 0 spiro atoms. The van der Waals surface area contributed by atoms with E-state index in [0.29, 0.717) is 17.2 Å². The van der Waals surface area contributed by atoms with Crippen LogP contribution in [0.2, 0.25) is 0 Å². The monoisotopic (exact) mass is 553 g/mol. The SMILES string of the molecule is O=C1C(N=Nc2cccc3c2C(=O)N(C(c2ccccc2)c2ccccc2)C3=O)=C(O)c2ccc(C(F)(F)F)cc21. The average molecular weight is 553 g/mol. The highest BCUT2D eigenvalue weighted by Gasteiger charge is 2.43. The molecule has 10 heteroatoms. The van der Waals surface area contributed by atoms with Gasteiger partial charge in [-0.1, -0.05) is 66.7 Å². The maximum absolute atomic E-state index is 13.8. The van der Waals surface area contributed by atoms with E-state index in [9.17, 15) is 32.7 Å². The lowest BCUT2D eigenvalue weighted by Gasteiger charge is -2.27. The van der Waals surface area contributed by atoms with Crippen LogP contribution in [0.4, 0.5) is 18.9 Å². The van der Waals surface area contributed by atoms with Gasteiger partial charge in [-0.2, -0.15) is 13.2 Å². The molecule has 0 unspecified atom stereocenters. The molecule has 1 aliphatic heterocycles. The fourth-order valence-electron chi connectivity index (χ4n) is 5.04. The zero-order valence-corrected chi connectivity index (χ0v) is 21.0. The molecule has 0 fully saturated rings. The van der Waals surface area contributed by atoms with Gasteiger partial charge in [0.25, 0.3) is 11.8 Å². The van der Waals surface area contributed by atoms with Crippen molar-refractivity contribution in [3.05, 3.63) is 142 Å². The van der Waals surface area contributed by atoms with Crippen LogP contribution in [0.1, 0.15) is 59.4 Å². The number of imide groups is 1. The third kappa shape index (κ3) is 4.29. The normalized spacial score (nSPS) is 14.9. The molecule has 4 aromatic carbocycles. The zero-order valence-electron chi connectivity index (χ0n) is 21.0. The molecule has 1 heterocycles. The minimum absolute atomic E-state index is 0.0386. The van der Waals surface area contributed by atoms with Crippen LogP contribution in [-0.4, -0.2) is 27.6 Å². The minimum atomic E-state index is -4.68. The molecule has 6 rings (SSSR count). The van der Waals surface area contributed by atoms with Gasteiger partial charge in [-0.3, -0.25) is 19.3 Å². The standard InChI is InChI=1S/C31H18F3N3O4/c32-31(33,34)19-14-15-20-22(16-19)28(39)25(27(20)38)36-35-23-13-7-12-21-24(23)30(41)37(29(21)40)26(17-8-3-1-4-9-17)18-10-5-2-6-11-18/h1-16,26,38H. The summed E-state index contributed by atoms with van der Waals surface area (Å²) in [6.45, 7) is 0. The number of carbonyl (C=O) groups excluding carboxylic acids is 3. The summed E-state index contributed by atoms with van der Waals surface area (Å²) in [5, 5.41) is 18.4. The van der Waals surface area contributed by atoms with Crippen molar-refractivity contribution >= 4 is 29.0 Å². The number of fused-ring (bicyclic) bond motifs is 2. The predicted octanol–water partition coefficient (Wildman–Crippen LogP) is 7.30. The van der Waals surface area contributed by atoms with E-state index in [2.05, 4.69) is 10.2 Å². The second kappa shape index (κ2) is 9.67. The molecule has 0 radical (unpaired) electrons. The zero-order chi connectivity index (χ0) is 28.9. The number of hydrogen-bond donors (Lipinski definition) is 1. The van der Waals surface area contributed by atoms with Gasteiger partial charge in [0.15, 0.2) is 11.5 Å². The van der Waals surface area contributed by atoms with Crippen molar-refractivity contribution in [2.75, 3.05) is 0 Å². The van der Waals surface area contributed by atoms with Gasteiger partial charge >= 0.3 is 6.18 Å². The Bertz CT molecular complexity index is 1760. The number of carbonyl (C=O) groups is 3. The molecular weight excluding hydrogens is 535 g/mol. The van der Waals surface area contributed by atoms with Crippen molar-refractivity contribution in [2.45, 2.75) is 12.2 Å². The predicted molar refractivity (Wildman–Crippen MR) is 142 cm³/mol. The lowest BCUT2D eigenvalue weighted by atomic mass is 9.97. The van der Waals surface area contributed by atoms with E-state index >= 15 is 0 Å². The number of ketones is 1. The highest BCUT2D eigenvalue weighted by molar-refractivity contribution is 6.24. The number of aliphatic hydroxyl groups is 1. The fourth-order valence-corrected chi connectivity index (χ4v) is 5.04. The number of amides is 2. The molecular formula is C31H18F3N3O4. The van der Waals surface area contributed by atoms with E-state index < -0.39 is 46.8 Å². The lowest BCUT2D eigenvalue weighted by Crippen LogP contribution is -2.34. The number of nitrogens with zero attached hydrogens (tertiary/aromatic N) is 3. The first-order valence-corrected chi connectivity index (χ1v) is 12.4. The molecule has 0 saturated carbocycles. The maximum Gasteiger partial charge on any atom is 0.416 e. The van der Waals surface area contributed by atoms with Crippen LogP contribution in [0.3, 0.4) is 0 Å². The van der Waals surface area contributed by atoms with Crippen LogP contribution in [0.5, 0.6) is 0 Å². The summed E-state index contributed by atoms with van der Waals surface area (Å²) in [7, 11) is 0. The third-order valence-electron chi connectivity index (χ3n) is 6.96. The summed E-state index contributed by atoms with van der Waals surface area (Å²) >= 11 is 0. The van der Waals surface area contributed by atoms with Gasteiger partial charge in [0.1, 0.15) is 0 Å². The third-order valence-corrected chi connectivity index (χ3v) is 6.96. The van der Waals surface area contributed by atoms with Crippen molar-refractivity contribution in [1.82, 2.24) is 4.90 Å². The number of alkyl halides is 3. The maximum atomic E-state index is 13.8. The van der Waals surface area contributed by atoms with Crippen LogP contribution in [0, 0.1) is 0 Å². The fraction of sp³-hybridized carbons (Fsp3) is 0.0645. The average Bonchev–Trinajstić information content (AvgIpc) is 3.37. The number of aliphatic hydroxyl groups excluding tert-OH is 1. The summed E-state index contributed by atoms with van der Waals surface area (Å²) in [5.74, 6) is -2.76. The van der Waals surface area contributed by atoms with Crippen LogP contribution in [-0.2, 0) is 6.18 Å². The molecule has 202 valence electrons. The van der Waals surface area contributed by atoms with Gasteiger partial charge in [0.05, 0.1) is 28.4 Å². The second-order valence-corrected chi connectivity index (χ2v) is 9.39. The molecule has 7 nitrogen and oxygen atoms in total. The minimum Gasteiger partial charge on any atom is -0.505 e. The number of allylic oxidation sites excluding steroid dienone is 1. The lowest BCUT2D eigenvalue weighted by molar-refractivity contribution is -0.137. The Kier molecular flexibility index (Phi) is 6.10. The molecule has 1 aliphatic carbocycles. The van der Waals surface area contributed by atoms with Crippen LogP contribution in [0.15, 0.2) is 113 Å². The van der Waals surface area contributed by atoms with Crippen LogP contribution < -0.4 is 0 Å². The van der Waals surface area contributed by atoms with Gasteiger partial charge in [-0.05, 0) is 41.5 Å². The van der Waals surface area contributed by atoms with Gasteiger partial charge < -0.3 is 5.11 Å². The highest BCUT2D eigenvalue weighted by Crippen LogP contribution is 2.41. The van der Waals surface area contributed by atoms with E-state index in [1.54, 1.807) is 24.3 Å². The summed E-state index contributed by atoms with van der Waals surface area (Å²) < 4.78 is 39.5. The Morgan fingerprint density at radius 1 is 0.683 bits per heavy atom. The molecule has 4 aromatic rings. The van der Waals surface area contributed by atoms with Gasteiger partial charge in [0, 0.05) is 11.1 Å². The highest BCUT2D eigenvalue weighted by atomic mass is 19.4.